The highest BCUT2D eigenvalue weighted by Gasteiger charge is 2.41. The number of likely N-dealkylation sites (tertiary alicyclic amines) is 1. The van der Waals surface area contributed by atoms with Crippen molar-refractivity contribution in [1.29, 1.82) is 0 Å². The molecular formula is C17H24N2O. The van der Waals surface area contributed by atoms with Crippen molar-refractivity contribution in [2.45, 2.75) is 38.6 Å². The third kappa shape index (κ3) is 2.47. The molecule has 2 atom stereocenters. The number of benzene rings is 1. The fraction of sp³-hybridized carbons (Fsp3) is 0.588. The summed E-state index contributed by atoms with van der Waals surface area (Å²) in [4.78, 5) is 15.1. The molecule has 20 heavy (non-hydrogen) atoms. The van der Waals surface area contributed by atoms with Gasteiger partial charge in [-0.1, -0.05) is 30.3 Å². The van der Waals surface area contributed by atoms with Crippen LogP contribution in [0.4, 0.5) is 0 Å². The zero-order valence-electron chi connectivity index (χ0n) is 12.3. The summed E-state index contributed by atoms with van der Waals surface area (Å²) in [6.07, 6.45) is 4.33. The van der Waals surface area contributed by atoms with Crippen molar-refractivity contribution >= 4 is 5.91 Å². The van der Waals surface area contributed by atoms with Crippen LogP contribution in [0.1, 0.15) is 44.2 Å². The van der Waals surface area contributed by atoms with Gasteiger partial charge in [0.1, 0.15) is 0 Å². The van der Waals surface area contributed by atoms with Gasteiger partial charge in [-0.05, 0) is 44.7 Å². The van der Waals surface area contributed by atoms with E-state index in [0.717, 1.165) is 45.3 Å². The molecule has 3 rings (SSSR count). The summed E-state index contributed by atoms with van der Waals surface area (Å²) < 4.78 is 0. The molecule has 0 saturated carbocycles. The Labute approximate surface area is 121 Å². The predicted molar refractivity (Wildman–Crippen MR) is 80.3 cm³/mol. The Bertz CT molecular complexity index is 465. The van der Waals surface area contributed by atoms with Crippen molar-refractivity contribution in [3.63, 3.8) is 0 Å². The second-order valence-corrected chi connectivity index (χ2v) is 6.41. The van der Waals surface area contributed by atoms with E-state index in [1.54, 1.807) is 0 Å². The van der Waals surface area contributed by atoms with Crippen LogP contribution in [-0.2, 0) is 4.79 Å². The minimum Gasteiger partial charge on any atom is -0.335 e. The van der Waals surface area contributed by atoms with Gasteiger partial charge < -0.3 is 10.2 Å². The minimum atomic E-state index is -0.213. The number of piperidine rings is 1. The van der Waals surface area contributed by atoms with Crippen LogP contribution < -0.4 is 5.32 Å². The number of rotatable bonds is 2. The molecule has 0 spiro atoms. The molecule has 1 N–H and O–H groups in total. The van der Waals surface area contributed by atoms with Crippen molar-refractivity contribution in [3.05, 3.63) is 35.9 Å². The van der Waals surface area contributed by atoms with Gasteiger partial charge in [-0.3, -0.25) is 4.79 Å². The van der Waals surface area contributed by atoms with Crippen molar-refractivity contribution in [3.8, 4) is 0 Å². The lowest BCUT2D eigenvalue weighted by molar-refractivity contribution is -0.143. The highest BCUT2D eigenvalue weighted by molar-refractivity contribution is 5.83. The number of hydrogen-bond acceptors (Lipinski definition) is 2. The highest BCUT2D eigenvalue weighted by Crippen LogP contribution is 2.37. The molecule has 2 saturated heterocycles. The second-order valence-electron chi connectivity index (χ2n) is 6.41. The average Bonchev–Trinajstić information content (AvgIpc) is 2.97. The topological polar surface area (TPSA) is 32.3 Å². The Kier molecular flexibility index (Phi) is 3.79. The molecule has 1 amide bonds. The lowest BCUT2D eigenvalue weighted by Crippen LogP contribution is -2.50. The van der Waals surface area contributed by atoms with Gasteiger partial charge >= 0.3 is 0 Å². The molecule has 0 radical (unpaired) electrons. The van der Waals surface area contributed by atoms with E-state index in [1.807, 2.05) is 6.07 Å². The van der Waals surface area contributed by atoms with Gasteiger partial charge in [0.05, 0.1) is 11.5 Å². The number of carbonyl (C=O) groups excluding carboxylic acids is 1. The van der Waals surface area contributed by atoms with Crippen LogP contribution >= 0.6 is 0 Å². The first-order valence-electron chi connectivity index (χ1n) is 7.77. The van der Waals surface area contributed by atoms with Crippen LogP contribution in [-0.4, -0.2) is 30.4 Å². The lowest BCUT2D eigenvalue weighted by Gasteiger charge is -2.38. The van der Waals surface area contributed by atoms with Crippen LogP contribution in [0, 0.1) is 5.41 Å². The normalized spacial score (nSPS) is 30.4. The molecule has 1 aromatic rings. The molecule has 2 fully saturated rings. The number of carbonyl (C=O) groups is 1. The SMILES string of the molecule is CC1(C(=O)N2CCCC2c2ccccc2)CCCNC1. The molecule has 3 heteroatoms. The third-order valence-electron chi connectivity index (χ3n) is 4.81. The highest BCUT2D eigenvalue weighted by atomic mass is 16.2. The number of nitrogens with zero attached hydrogens (tertiary/aromatic N) is 1. The Hall–Kier alpha value is -1.35. The zero-order valence-corrected chi connectivity index (χ0v) is 12.3. The van der Waals surface area contributed by atoms with E-state index in [-0.39, 0.29) is 11.5 Å². The van der Waals surface area contributed by atoms with E-state index in [9.17, 15) is 4.79 Å². The van der Waals surface area contributed by atoms with Gasteiger partial charge in [0.15, 0.2) is 0 Å². The molecular weight excluding hydrogens is 248 g/mol. The van der Waals surface area contributed by atoms with Crippen LogP contribution in [0.15, 0.2) is 30.3 Å². The second kappa shape index (κ2) is 5.57. The molecule has 1 aromatic carbocycles. The monoisotopic (exact) mass is 272 g/mol. The molecule has 2 heterocycles. The number of hydrogen-bond donors (Lipinski definition) is 1. The van der Waals surface area contributed by atoms with Crippen molar-refractivity contribution < 1.29 is 4.79 Å². The van der Waals surface area contributed by atoms with E-state index in [0.29, 0.717) is 5.91 Å². The summed E-state index contributed by atoms with van der Waals surface area (Å²) >= 11 is 0. The quantitative estimate of drug-likeness (QED) is 0.898. The van der Waals surface area contributed by atoms with Crippen LogP contribution in [0.5, 0.6) is 0 Å². The summed E-state index contributed by atoms with van der Waals surface area (Å²) in [6, 6.07) is 10.8. The van der Waals surface area contributed by atoms with Gasteiger partial charge in [-0.25, -0.2) is 0 Å². The molecule has 3 nitrogen and oxygen atoms in total. The Balaban J connectivity index is 1.80. The van der Waals surface area contributed by atoms with Crippen molar-refractivity contribution in [2.24, 2.45) is 5.41 Å². The van der Waals surface area contributed by atoms with Gasteiger partial charge in [0, 0.05) is 13.1 Å². The zero-order chi connectivity index (χ0) is 14.0. The molecule has 2 unspecified atom stereocenters. The minimum absolute atomic E-state index is 0.213. The summed E-state index contributed by atoms with van der Waals surface area (Å²) in [5, 5.41) is 3.39. The average molecular weight is 272 g/mol. The maximum atomic E-state index is 13.0. The first kappa shape index (κ1) is 13.6. The Morgan fingerprint density at radius 3 is 2.80 bits per heavy atom. The van der Waals surface area contributed by atoms with E-state index in [4.69, 9.17) is 0 Å². The summed E-state index contributed by atoms with van der Waals surface area (Å²) in [7, 11) is 0. The van der Waals surface area contributed by atoms with E-state index >= 15 is 0 Å². The first-order chi connectivity index (χ1) is 9.71. The fourth-order valence-corrected chi connectivity index (χ4v) is 3.62. The predicted octanol–water partition coefficient (Wildman–Crippen LogP) is 2.74. The smallest absolute Gasteiger partial charge is 0.230 e. The number of nitrogens with one attached hydrogen (secondary N) is 1. The third-order valence-corrected chi connectivity index (χ3v) is 4.81. The van der Waals surface area contributed by atoms with Crippen molar-refractivity contribution in [2.75, 3.05) is 19.6 Å². The summed E-state index contributed by atoms with van der Waals surface area (Å²) in [6.45, 7) is 4.91. The largest absolute Gasteiger partial charge is 0.335 e. The molecule has 108 valence electrons. The molecule has 2 aliphatic heterocycles. The van der Waals surface area contributed by atoms with Gasteiger partial charge in [0.2, 0.25) is 5.91 Å². The lowest BCUT2D eigenvalue weighted by atomic mass is 9.81. The van der Waals surface area contributed by atoms with Gasteiger partial charge in [-0.2, -0.15) is 0 Å². The van der Waals surface area contributed by atoms with E-state index in [2.05, 4.69) is 41.4 Å². The van der Waals surface area contributed by atoms with Crippen molar-refractivity contribution in [1.82, 2.24) is 10.2 Å². The summed E-state index contributed by atoms with van der Waals surface area (Å²) in [5.41, 5.74) is 1.07. The Morgan fingerprint density at radius 2 is 2.10 bits per heavy atom. The van der Waals surface area contributed by atoms with Crippen LogP contribution in [0.2, 0.25) is 0 Å². The fourth-order valence-electron chi connectivity index (χ4n) is 3.62. The maximum absolute atomic E-state index is 13.0. The molecule has 0 bridgehead atoms. The Morgan fingerprint density at radius 1 is 1.30 bits per heavy atom. The first-order valence-corrected chi connectivity index (χ1v) is 7.77. The van der Waals surface area contributed by atoms with E-state index in [1.165, 1.54) is 5.56 Å². The standard InChI is InChI=1S/C17H24N2O/c1-17(10-6-11-18-13-17)16(20)19-12-5-9-15(19)14-7-3-2-4-8-14/h2-4,7-8,15,18H,5-6,9-13H2,1H3. The molecule has 0 aliphatic carbocycles. The van der Waals surface area contributed by atoms with Crippen LogP contribution in [0.3, 0.4) is 0 Å². The molecule has 2 aliphatic rings. The number of amides is 1. The molecule has 0 aromatic heterocycles. The summed E-state index contributed by atoms with van der Waals surface area (Å²) in [5.74, 6) is 0.344. The van der Waals surface area contributed by atoms with Gasteiger partial charge in [0.25, 0.3) is 0 Å². The van der Waals surface area contributed by atoms with E-state index < -0.39 is 0 Å². The maximum Gasteiger partial charge on any atom is 0.230 e. The van der Waals surface area contributed by atoms with Gasteiger partial charge in [-0.15, -0.1) is 0 Å². The van der Waals surface area contributed by atoms with Crippen LogP contribution in [0.25, 0.3) is 0 Å².